The molecule has 4 aromatic rings. The Morgan fingerprint density at radius 3 is 2.38 bits per heavy atom. The number of rotatable bonds is 5. The van der Waals surface area contributed by atoms with E-state index in [1.807, 2.05) is 0 Å². The molecular weight excluding hydrogens is 534 g/mol. The highest BCUT2D eigenvalue weighted by molar-refractivity contribution is 6.00. The monoisotopic (exact) mass is 561 g/mol. The third-order valence-electron chi connectivity index (χ3n) is 6.91. The summed E-state index contributed by atoms with van der Waals surface area (Å²) in [5, 5.41) is 13.7. The highest BCUT2D eigenvalue weighted by Gasteiger charge is 2.35. The molecule has 1 saturated heterocycles. The third-order valence-corrected chi connectivity index (χ3v) is 6.91. The van der Waals surface area contributed by atoms with Crippen LogP contribution in [0, 0.1) is 12.7 Å². The lowest BCUT2D eigenvalue weighted by atomic mass is 10.0. The second kappa shape index (κ2) is 10.1. The minimum atomic E-state index is -4.87. The molecule has 0 radical (unpaired) electrons. The maximum Gasteiger partial charge on any atom is 0.419 e. The lowest BCUT2D eigenvalue weighted by molar-refractivity contribution is -0.140. The number of hydrogen-bond acceptors (Lipinski definition) is 7. The molecular formula is C26H27F4N7O3. The smallest absolute Gasteiger partial charge is 0.378 e. The minimum Gasteiger partial charge on any atom is -0.378 e. The lowest BCUT2D eigenvalue weighted by Crippen LogP contribution is -2.49. The Morgan fingerprint density at radius 2 is 1.75 bits per heavy atom. The number of hydrogen-bond donors (Lipinski definition) is 1. The predicted molar refractivity (Wildman–Crippen MR) is 140 cm³/mol. The van der Waals surface area contributed by atoms with Gasteiger partial charge in [-0.1, -0.05) is 12.1 Å². The van der Waals surface area contributed by atoms with Gasteiger partial charge in [-0.2, -0.15) is 23.4 Å². The Balaban J connectivity index is 1.75. The van der Waals surface area contributed by atoms with Crippen molar-refractivity contribution in [2.45, 2.75) is 26.1 Å². The zero-order valence-electron chi connectivity index (χ0n) is 22.2. The quantitative estimate of drug-likeness (QED) is 0.374. The summed E-state index contributed by atoms with van der Waals surface area (Å²) in [6.07, 6.45) is -3.40. The summed E-state index contributed by atoms with van der Waals surface area (Å²) >= 11 is 0. The molecule has 1 N–H and O–H groups in total. The number of nitrogens with zero attached hydrogens (tertiary/aromatic N) is 6. The van der Waals surface area contributed by atoms with Crippen molar-refractivity contribution in [1.29, 1.82) is 0 Å². The van der Waals surface area contributed by atoms with Gasteiger partial charge in [-0.05, 0) is 26.0 Å². The Kier molecular flexibility index (Phi) is 6.90. The van der Waals surface area contributed by atoms with Gasteiger partial charge in [0, 0.05) is 25.9 Å². The van der Waals surface area contributed by atoms with Crippen LogP contribution in [0.3, 0.4) is 0 Å². The van der Waals surface area contributed by atoms with E-state index in [4.69, 9.17) is 4.74 Å². The van der Waals surface area contributed by atoms with Crippen LogP contribution in [0.2, 0.25) is 0 Å². The SMILES string of the molecule is Cc1cc(-c2c(=O)n(N3CCOCC3)cc3c(N[C@H](C)c4cccc(C(F)(F)F)c4F)nn(C)c(=O)c23)n(C)n1. The lowest BCUT2D eigenvalue weighted by Gasteiger charge is -2.31. The van der Waals surface area contributed by atoms with E-state index in [0.717, 1.165) is 10.7 Å². The highest BCUT2D eigenvalue weighted by atomic mass is 19.4. The van der Waals surface area contributed by atoms with E-state index in [0.29, 0.717) is 43.8 Å². The van der Waals surface area contributed by atoms with Crippen molar-refractivity contribution in [3.8, 4) is 11.3 Å². The average molecular weight is 562 g/mol. The van der Waals surface area contributed by atoms with Crippen LogP contribution in [-0.4, -0.2) is 50.5 Å². The van der Waals surface area contributed by atoms with E-state index in [1.54, 1.807) is 25.0 Å². The van der Waals surface area contributed by atoms with Gasteiger partial charge in [0.1, 0.15) is 5.82 Å². The van der Waals surface area contributed by atoms with Gasteiger partial charge in [-0.25, -0.2) is 13.7 Å². The first kappa shape index (κ1) is 27.4. The van der Waals surface area contributed by atoms with E-state index in [1.165, 1.54) is 35.6 Å². The zero-order valence-corrected chi connectivity index (χ0v) is 22.2. The molecule has 0 unspecified atom stereocenters. The first-order chi connectivity index (χ1) is 18.9. The number of anilines is 1. The fraction of sp³-hybridized carbons (Fsp3) is 0.385. The number of nitrogens with one attached hydrogen (secondary N) is 1. The van der Waals surface area contributed by atoms with Gasteiger partial charge in [-0.15, -0.1) is 0 Å². The van der Waals surface area contributed by atoms with Gasteiger partial charge in [0.05, 0.1) is 65.6 Å². The maximum atomic E-state index is 15.0. The summed E-state index contributed by atoms with van der Waals surface area (Å²) in [5.41, 5.74) is -1.50. The molecule has 3 aromatic heterocycles. The molecule has 10 nitrogen and oxygen atoms in total. The van der Waals surface area contributed by atoms with Crippen molar-refractivity contribution in [2.24, 2.45) is 14.1 Å². The summed E-state index contributed by atoms with van der Waals surface area (Å²) in [4.78, 5) is 27.4. The molecule has 1 aliphatic rings. The molecule has 5 rings (SSSR count). The molecule has 1 fully saturated rings. The number of benzene rings is 1. The van der Waals surface area contributed by atoms with Crippen LogP contribution in [0.15, 0.2) is 40.1 Å². The van der Waals surface area contributed by atoms with Crippen LogP contribution in [-0.2, 0) is 25.0 Å². The van der Waals surface area contributed by atoms with Gasteiger partial charge >= 0.3 is 6.18 Å². The summed E-state index contributed by atoms with van der Waals surface area (Å²) < 4.78 is 64.4. The molecule has 1 aliphatic heterocycles. The topological polar surface area (TPSA) is 99.2 Å². The largest absolute Gasteiger partial charge is 0.419 e. The van der Waals surface area contributed by atoms with Crippen molar-refractivity contribution in [3.63, 3.8) is 0 Å². The molecule has 1 atom stereocenters. The Hall–Kier alpha value is -4.20. The average Bonchev–Trinajstić information content (AvgIpc) is 3.23. The number of fused-ring (bicyclic) bond motifs is 1. The van der Waals surface area contributed by atoms with Crippen LogP contribution < -0.4 is 21.4 Å². The molecule has 14 heteroatoms. The molecule has 212 valence electrons. The van der Waals surface area contributed by atoms with Crippen molar-refractivity contribution < 1.29 is 22.3 Å². The molecule has 4 heterocycles. The minimum absolute atomic E-state index is 0.0502. The van der Waals surface area contributed by atoms with Crippen LogP contribution in [0.25, 0.3) is 22.0 Å². The second-order valence-corrected chi connectivity index (χ2v) is 9.65. The Labute approximate surface area is 225 Å². The van der Waals surface area contributed by atoms with Crippen molar-refractivity contribution in [1.82, 2.24) is 24.2 Å². The second-order valence-electron chi connectivity index (χ2n) is 9.65. The van der Waals surface area contributed by atoms with Gasteiger partial charge in [-0.3, -0.25) is 14.3 Å². The van der Waals surface area contributed by atoms with E-state index in [9.17, 15) is 27.2 Å². The van der Waals surface area contributed by atoms with Gasteiger partial charge in [0.2, 0.25) is 0 Å². The number of aryl methyl sites for hydroxylation is 3. The van der Waals surface area contributed by atoms with E-state index in [2.05, 4.69) is 15.5 Å². The first-order valence-electron chi connectivity index (χ1n) is 12.5. The van der Waals surface area contributed by atoms with Crippen LogP contribution in [0.1, 0.15) is 29.8 Å². The molecule has 0 spiro atoms. The Morgan fingerprint density at radius 1 is 1.05 bits per heavy atom. The molecule has 0 bridgehead atoms. The third kappa shape index (κ3) is 4.72. The predicted octanol–water partition coefficient (Wildman–Crippen LogP) is 3.10. The van der Waals surface area contributed by atoms with Crippen molar-refractivity contribution in [3.05, 3.63) is 73.8 Å². The number of halogens is 4. The van der Waals surface area contributed by atoms with E-state index < -0.39 is 34.7 Å². The van der Waals surface area contributed by atoms with Crippen molar-refractivity contribution >= 4 is 16.6 Å². The standard InChI is InChI=1S/C26H27F4N7O3/c1-14-12-19(34(3)32-14)21-20-17(13-37(25(21)39)36-8-10-40-11-9-36)23(33-35(4)24(20)38)31-15(2)16-6-5-7-18(22(16)27)26(28,29)30/h5-7,12-13,15H,8-11H2,1-4H3,(H,31,33)/t15-/m1/s1. The summed E-state index contributed by atoms with van der Waals surface area (Å²) in [5.74, 6) is -1.32. The molecule has 0 amide bonds. The fourth-order valence-electron chi connectivity index (χ4n) is 4.97. The zero-order chi connectivity index (χ0) is 28.9. The van der Waals surface area contributed by atoms with Gasteiger partial charge in [0.15, 0.2) is 5.82 Å². The fourth-order valence-corrected chi connectivity index (χ4v) is 4.97. The molecule has 0 saturated carbocycles. The highest BCUT2D eigenvalue weighted by Crippen LogP contribution is 2.35. The normalized spacial score (nSPS) is 15.1. The number of alkyl halides is 3. The van der Waals surface area contributed by atoms with Crippen molar-refractivity contribution in [2.75, 3.05) is 36.6 Å². The maximum absolute atomic E-state index is 15.0. The van der Waals surface area contributed by atoms with Crippen LogP contribution >= 0.6 is 0 Å². The van der Waals surface area contributed by atoms with Gasteiger partial charge in [0.25, 0.3) is 11.1 Å². The first-order valence-corrected chi connectivity index (χ1v) is 12.5. The summed E-state index contributed by atoms with van der Waals surface area (Å²) in [6, 6.07) is 3.76. The molecule has 40 heavy (non-hydrogen) atoms. The number of ether oxygens (including phenoxy) is 1. The number of pyridine rings is 1. The summed E-state index contributed by atoms with van der Waals surface area (Å²) in [6.45, 7) is 4.82. The summed E-state index contributed by atoms with van der Waals surface area (Å²) in [7, 11) is 3.05. The number of aromatic nitrogens is 5. The molecule has 1 aromatic carbocycles. The molecule has 0 aliphatic carbocycles. The van der Waals surface area contributed by atoms with E-state index >= 15 is 0 Å². The Bertz CT molecular complexity index is 1720. The van der Waals surface area contributed by atoms with Gasteiger partial charge < -0.3 is 15.1 Å². The van der Waals surface area contributed by atoms with Crippen LogP contribution in [0.4, 0.5) is 23.4 Å². The van der Waals surface area contributed by atoms with E-state index in [-0.39, 0.29) is 27.7 Å². The van der Waals surface area contributed by atoms with Crippen LogP contribution in [0.5, 0.6) is 0 Å². The number of morpholine rings is 1.